The smallest absolute Gasteiger partial charge is 0.272 e. The molecule has 0 bridgehead atoms. The number of rotatable bonds is 5. The lowest BCUT2D eigenvalue weighted by Gasteiger charge is -2.21. The fraction of sp³-hybridized carbons (Fsp3) is 0.357. The molecule has 0 aliphatic rings. The molecule has 7 heteroatoms. The number of H-pyrrole nitrogens is 1. The van der Waals surface area contributed by atoms with Gasteiger partial charge in [0.2, 0.25) is 0 Å². The number of aliphatic hydroxyl groups excluding tert-OH is 1. The van der Waals surface area contributed by atoms with Crippen molar-refractivity contribution in [3.63, 3.8) is 0 Å². The van der Waals surface area contributed by atoms with E-state index in [0.717, 1.165) is 0 Å². The van der Waals surface area contributed by atoms with Crippen LogP contribution in [0.25, 0.3) is 10.8 Å². The van der Waals surface area contributed by atoms with Crippen molar-refractivity contribution in [2.45, 2.75) is 18.2 Å². The van der Waals surface area contributed by atoms with E-state index in [4.69, 9.17) is 0 Å². The minimum absolute atomic E-state index is 0.0254. The molecule has 1 amide bonds. The van der Waals surface area contributed by atoms with Gasteiger partial charge in [-0.3, -0.25) is 9.59 Å². The van der Waals surface area contributed by atoms with Gasteiger partial charge in [0.1, 0.15) is 0 Å². The van der Waals surface area contributed by atoms with Gasteiger partial charge in [-0.05, 0) is 19.2 Å². The number of amides is 1. The third kappa shape index (κ3) is 3.25. The van der Waals surface area contributed by atoms with Crippen molar-refractivity contribution in [1.82, 2.24) is 15.5 Å². The summed E-state index contributed by atoms with van der Waals surface area (Å²) >= 11 is 1.48. The van der Waals surface area contributed by atoms with Gasteiger partial charge in [0.15, 0.2) is 5.69 Å². The Hall–Kier alpha value is -1.86. The number of nitrogens with zero attached hydrogens (tertiary/aromatic N) is 1. The van der Waals surface area contributed by atoms with Crippen LogP contribution < -0.4 is 10.9 Å². The van der Waals surface area contributed by atoms with Crippen LogP contribution in [-0.2, 0) is 0 Å². The van der Waals surface area contributed by atoms with Crippen LogP contribution in [0.3, 0.4) is 0 Å². The predicted octanol–water partition coefficient (Wildman–Crippen LogP) is 0.765. The zero-order valence-electron chi connectivity index (χ0n) is 11.8. The van der Waals surface area contributed by atoms with E-state index in [1.807, 2.05) is 13.2 Å². The molecule has 112 valence electrons. The molecule has 2 unspecified atom stereocenters. The van der Waals surface area contributed by atoms with Crippen molar-refractivity contribution >= 4 is 28.4 Å². The van der Waals surface area contributed by atoms with Crippen LogP contribution in [0, 0.1) is 0 Å². The quantitative estimate of drug-likeness (QED) is 0.758. The third-order valence-corrected chi connectivity index (χ3v) is 4.47. The molecule has 2 rings (SSSR count). The second kappa shape index (κ2) is 6.73. The summed E-state index contributed by atoms with van der Waals surface area (Å²) in [6.45, 7) is 1.80. The maximum absolute atomic E-state index is 12.3. The summed E-state index contributed by atoms with van der Waals surface area (Å²) in [5, 5.41) is 19.1. The highest BCUT2D eigenvalue weighted by molar-refractivity contribution is 7.99. The summed E-state index contributed by atoms with van der Waals surface area (Å²) in [6, 6.07) is 6.61. The highest BCUT2D eigenvalue weighted by Gasteiger charge is 2.20. The molecular formula is C14H17N3O3S. The topological polar surface area (TPSA) is 95.1 Å². The van der Waals surface area contributed by atoms with Crippen molar-refractivity contribution in [2.75, 3.05) is 12.9 Å². The van der Waals surface area contributed by atoms with Crippen LogP contribution in [0.2, 0.25) is 0 Å². The van der Waals surface area contributed by atoms with Crippen molar-refractivity contribution in [1.29, 1.82) is 0 Å². The molecule has 1 aromatic heterocycles. The van der Waals surface area contributed by atoms with E-state index in [1.54, 1.807) is 24.3 Å². The number of aromatic nitrogens is 2. The maximum atomic E-state index is 12.3. The van der Waals surface area contributed by atoms with Gasteiger partial charge in [-0.15, -0.1) is 0 Å². The first-order valence-electron chi connectivity index (χ1n) is 6.50. The summed E-state index contributed by atoms with van der Waals surface area (Å²) in [6.07, 6.45) is 1.87. The summed E-state index contributed by atoms with van der Waals surface area (Å²) in [5.41, 5.74) is -0.151. The average molecular weight is 307 g/mol. The van der Waals surface area contributed by atoms with E-state index in [-0.39, 0.29) is 35.1 Å². The molecule has 1 heterocycles. The maximum Gasteiger partial charge on any atom is 0.272 e. The van der Waals surface area contributed by atoms with Crippen LogP contribution in [0.4, 0.5) is 0 Å². The van der Waals surface area contributed by atoms with Gasteiger partial charge in [0.05, 0.1) is 12.0 Å². The fourth-order valence-electron chi connectivity index (χ4n) is 2.09. The molecule has 0 spiro atoms. The number of carbonyl (C=O) groups is 1. The van der Waals surface area contributed by atoms with Crippen LogP contribution in [-0.4, -0.2) is 45.4 Å². The Balaban J connectivity index is 2.32. The van der Waals surface area contributed by atoms with Gasteiger partial charge in [0, 0.05) is 16.7 Å². The molecule has 0 saturated carbocycles. The fourth-order valence-corrected chi connectivity index (χ4v) is 2.72. The van der Waals surface area contributed by atoms with Crippen molar-refractivity contribution in [3.05, 3.63) is 40.3 Å². The van der Waals surface area contributed by atoms with Crippen LogP contribution in [0.1, 0.15) is 17.4 Å². The highest BCUT2D eigenvalue weighted by atomic mass is 32.2. The molecule has 6 nitrogen and oxygen atoms in total. The van der Waals surface area contributed by atoms with E-state index in [0.29, 0.717) is 10.8 Å². The van der Waals surface area contributed by atoms with Gasteiger partial charge < -0.3 is 10.4 Å². The number of thioether (sulfide) groups is 1. The molecule has 0 radical (unpaired) electrons. The van der Waals surface area contributed by atoms with E-state index in [9.17, 15) is 14.7 Å². The molecule has 21 heavy (non-hydrogen) atoms. The molecule has 0 aliphatic heterocycles. The number of benzene rings is 1. The summed E-state index contributed by atoms with van der Waals surface area (Å²) in [5.74, 6) is -0.373. The Morgan fingerprint density at radius 3 is 2.71 bits per heavy atom. The first kappa shape index (κ1) is 15.5. The Labute approximate surface area is 126 Å². The molecule has 3 N–H and O–H groups in total. The average Bonchev–Trinajstić information content (AvgIpc) is 2.49. The second-order valence-corrected chi connectivity index (χ2v) is 5.74. The molecule has 1 aromatic carbocycles. The number of hydrogen-bond acceptors (Lipinski definition) is 5. The van der Waals surface area contributed by atoms with Crippen molar-refractivity contribution in [2.24, 2.45) is 0 Å². The normalized spacial score (nSPS) is 13.9. The van der Waals surface area contributed by atoms with E-state index < -0.39 is 0 Å². The molecule has 2 atom stereocenters. The number of carbonyl (C=O) groups excluding carboxylic acids is 1. The zero-order valence-corrected chi connectivity index (χ0v) is 12.6. The number of fused-ring (bicyclic) bond motifs is 1. The first-order valence-corrected chi connectivity index (χ1v) is 7.79. The lowest BCUT2D eigenvalue weighted by atomic mass is 10.1. The molecular weight excluding hydrogens is 290 g/mol. The number of nitrogens with one attached hydrogen (secondary N) is 2. The summed E-state index contributed by atoms with van der Waals surface area (Å²) < 4.78 is 0. The largest absolute Gasteiger partial charge is 0.395 e. The van der Waals surface area contributed by atoms with Crippen LogP contribution in [0.15, 0.2) is 29.1 Å². The molecule has 0 saturated heterocycles. The van der Waals surface area contributed by atoms with Crippen molar-refractivity contribution < 1.29 is 9.90 Å². The monoisotopic (exact) mass is 307 g/mol. The van der Waals surface area contributed by atoms with E-state index >= 15 is 0 Å². The number of aliphatic hydroxyl groups is 1. The molecule has 0 fully saturated rings. The third-order valence-electron chi connectivity index (χ3n) is 3.31. The minimum Gasteiger partial charge on any atom is -0.395 e. The first-order chi connectivity index (χ1) is 10.1. The minimum atomic E-state index is -0.373. The standard InChI is InChI=1S/C14H17N3O3S/c1-8(11(7-18)21-2)15-14(20)12-9-5-3-4-6-10(9)13(19)17-16-12/h3-6,8,11,18H,7H2,1-2H3,(H,15,20)(H,17,19). The second-order valence-electron chi connectivity index (χ2n) is 4.67. The van der Waals surface area contributed by atoms with Gasteiger partial charge >= 0.3 is 0 Å². The number of hydrogen-bond donors (Lipinski definition) is 3. The van der Waals surface area contributed by atoms with Gasteiger partial charge in [-0.1, -0.05) is 18.2 Å². The number of aromatic amines is 1. The Morgan fingerprint density at radius 1 is 1.43 bits per heavy atom. The van der Waals surface area contributed by atoms with Gasteiger partial charge in [0.25, 0.3) is 11.5 Å². The van der Waals surface area contributed by atoms with Crippen LogP contribution in [0.5, 0.6) is 0 Å². The summed E-state index contributed by atoms with van der Waals surface area (Å²) in [4.78, 5) is 24.0. The molecule has 2 aromatic rings. The lowest BCUT2D eigenvalue weighted by Crippen LogP contribution is -2.41. The highest BCUT2D eigenvalue weighted by Crippen LogP contribution is 2.14. The van der Waals surface area contributed by atoms with Gasteiger partial charge in [-0.2, -0.15) is 16.9 Å². The Bertz CT molecular complexity index is 697. The Morgan fingerprint density at radius 2 is 2.10 bits per heavy atom. The summed E-state index contributed by atoms with van der Waals surface area (Å²) in [7, 11) is 0. The predicted molar refractivity (Wildman–Crippen MR) is 83.7 cm³/mol. The van der Waals surface area contributed by atoms with E-state index in [1.165, 1.54) is 11.8 Å². The van der Waals surface area contributed by atoms with Crippen molar-refractivity contribution in [3.8, 4) is 0 Å². The van der Waals surface area contributed by atoms with Gasteiger partial charge in [-0.25, -0.2) is 5.10 Å². The van der Waals surface area contributed by atoms with E-state index in [2.05, 4.69) is 15.5 Å². The van der Waals surface area contributed by atoms with Crippen LogP contribution >= 0.6 is 11.8 Å². The SMILES string of the molecule is CSC(CO)C(C)NC(=O)c1n[nH]c(=O)c2ccccc12. The lowest BCUT2D eigenvalue weighted by molar-refractivity contribution is 0.0931. The Kier molecular flexibility index (Phi) is 4.98. The zero-order chi connectivity index (χ0) is 15.4. The molecule has 0 aliphatic carbocycles.